The molecule has 1 aliphatic heterocycles. The quantitative estimate of drug-likeness (QED) is 0.753. The second-order valence-electron chi connectivity index (χ2n) is 4.99. The Morgan fingerprint density at radius 2 is 2.17 bits per heavy atom. The molecule has 0 bridgehead atoms. The number of amides is 2. The fourth-order valence-electron chi connectivity index (χ4n) is 2.16. The van der Waals surface area contributed by atoms with E-state index in [-0.39, 0.29) is 30.4 Å². The third kappa shape index (κ3) is 3.98. The van der Waals surface area contributed by atoms with Gasteiger partial charge < -0.3 is 15.3 Å². The average molecular weight is 256 g/mol. The second-order valence-corrected chi connectivity index (χ2v) is 4.99. The first-order valence-electron chi connectivity index (χ1n) is 6.78. The summed E-state index contributed by atoms with van der Waals surface area (Å²) >= 11 is 0. The van der Waals surface area contributed by atoms with Crippen LogP contribution in [-0.4, -0.2) is 47.6 Å². The molecule has 0 aromatic heterocycles. The van der Waals surface area contributed by atoms with Crippen LogP contribution < -0.4 is 5.32 Å². The smallest absolute Gasteiger partial charge is 0.242 e. The molecule has 2 atom stereocenters. The molecule has 2 amide bonds. The first kappa shape index (κ1) is 15.0. The van der Waals surface area contributed by atoms with E-state index in [1.165, 1.54) is 0 Å². The van der Waals surface area contributed by atoms with Crippen molar-refractivity contribution in [1.29, 1.82) is 0 Å². The highest BCUT2D eigenvalue weighted by Crippen LogP contribution is 2.18. The summed E-state index contributed by atoms with van der Waals surface area (Å²) < 4.78 is 0. The molecule has 0 spiro atoms. The van der Waals surface area contributed by atoms with Gasteiger partial charge >= 0.3 is 0 Å². The fourth-order valence-corrected chi connectivity index (χ4v) is 2.16. The Bertz CT molecular complexity index is 294. The van der Waals surface area contributed by atoms with Gasteiger partial charge in [-0.1, -0.05) is 13.8 Å². The van der Waals surface area contributed by atoms with E-state index in [0.29, 0.717) is 19.5 Å². The number of hydrogen-bond acceptors (Lipinski definition) is 3. The highest BCUT2D eigenvalue weighted by Gasteiger charge is 2.31. The molecule has 18 heavy (non-hydrogen) atoms. The maximum Gasteiger partial charge on any atom is 0.242 e. The van der Waals surface area contributed by atoms with E-state index in [9.17, 15) is 9.59 Å². The zero-order valence-corrected chi connectivity index (χ0v) is 11.3. The standard InChI is InChI=1S/C13H24N2O3/c1-3-12(17)15-7-5-4-6-11(15)13(18)14-8-10(2)9-16/h10-11,16H,3-9H2,1-2H3,(H,14,18). The van der Waals surface area contributed by atoms with E-state index in [4.69, 9.17) is 5.11 Å². The summed E-state index contributed by atoms with van der Waals surface area (Å²) in [5.41, 5.74) is 0. The molecule has 0 aliphatic carbocycles. The zero-order chi connectivity index (χ0) is 13.5. The van der Waals surface area contributed by atoms with Gasteiger partial charge in [-0.15, -0.1) is 0 Å². The lowest BCUT2D eigenvalue weighted by molar-refractivity contribution is -0.142. The molecular weight excluding hydrogens is 232 g/mol. The van der Waals surface area contributed by atoms with E-state index in [1.807, 2.05) is 13.8 Å². The number of likely N-dealkylation sites (tertiary alicyclic amines) is 1. The fraction of sp³-hybridized carbons (Fsp3) is 0.846. The lowest BCUT2D eigenvalue weighted by atomic mass is 10.0. The van der Waals surface area contributed by atoms with Crippen LogP contribution in [-0.2, 0) is 9.59 Å². The summed E-state index contributed by atoms with van der Waals surface area (Å²) in [6.45, 7) is 4.89. The number of rotatable bonds is 5. The summed E-state index contributed by atoms with van der Waals surface area (Å²) in [6.07, 6.45) is 3.14. The molecule has 1 rings (SSSR count). The van der Waals surface area contributed by atoms with Crippen LogP contribution >= 0.6 is 0 Å². The van der Waals surface area contributed by atoms with Gasteiger partial charge in [0, 0.05) is 26.1 Å². The molecule has 2 N–H and O–H groups in total. The number of aliphatic hydroxyl groups excluding tert-OH is 1. The first-order chi connectivity index (χ1) is 8.60. The number of carbonyl (C=O) groups is 2. The van der Waals surface area contributed by atoms with E-state index in [1.54, 1.807) is 4.90 Å². The van der Waals surface area contributed by atoms with Gasteiger partial charge in [0.05, 0.1) is 0 Å². The lowest BCUT2D eigenvalue weighted by Gasteiger charge is -2.34. The van der Waals surface area contributed by atoms with Gasteiger partial charge in [-0.25, -0.2) is 0 Å². The Labute approximate surface area is 109 Å². The lowest BCUT2D eigenvalue weighted by Crippen LogP contribution is -2.52. The Kier molecular flexibility index (Phi) is 6.12. The molecule has 1 aliphatic rings. The molecule has 1 heterocycles. The van der Waals surface area contributed by atoms with Gasteiger partial charge in [0.1, 0.15) is 6.04 Å². The molecule has 5 heteroatoms. The maximum absolute atomic E-state index is 12.1. The third-order valence-electron chi connectivity index (χ3n) is 3.36. The van der Waals surface area contributed by atoms with Crippen LogP contribution in [0, 0.1) is 5.92 Å². The Balaban J connectivity index is 2.54. The molecule has 5 nitrogen and oxygen atoms in total. The van der Waals surface area contributed by atoms with Crippen molar-refractivity contribution >= 4 is 11.8 Å². The molecule has 0 aromatic carbocycles. The maximum atomic E-state index is 12.1. The summed E-state index contributed by atoms with van der Waals surface area (Å²) in [5, 5.41) is 11.7. The van der Waals surface area contributed by atoms with Gasteiger partial charge in [-0.2, -0.15) is 0 Å². The third-order valence-corrected chi connectivity index (χ3v) is 3.36. The average Bonchev–Trinajstić information content (AvgIpc) is 2.43. The van der Waals surface area contributed by atoms with Gasteiger partial charge in [0.2, 0.25) is 11.8 Å². The largest absolute Gasteiger partial charge is 0.396 e. The number of piperidine rings is 1. The molecule has 104 valence electrons. The van der Waals surface area contributed by atoms with Crippen molar-refractivity contribution in [2.75, 3.05) is 19.7 Å². The van der Waals surface area contributed by atoms with E-state index in [0.717, 1.165) is 19.3 Å². The van der Waals surface area contributed by atoms with Crippen molar-refractivity contribution in [3.05, 3.63) is 0 Å². The van der Waals surface area contributed by atoms with Crippen molar-refractivity contribution in [2.24, 2.45) is 5.92 Å². The summed E-state index contributed by atoms with van der Waals surface area (Å²) in [6, 6.07) is -0.322. The minimum atomic E-state index is -0.322. The van der Waals surface area contributed by atoms with Crippen molar-refractivity contribution in [3.8, 4) is 0 Å². The van der Waals surface area contributed by atoms with Crippen LogP contribution in [0.5, 0.6) is 0 Å². The normalized spacial score (nSPS) is 21.5. The Morgan fingerprint density at radius 1 is 1.44 bits per heavy atom. The van der Waals surface area contributed by atoms with Gasteiger partial charge in [0.25, 0.3) is 0 Å². The number of aliphatic hydroxyl groups is 1. The molecular formula is C13H24N2O3. The Hall–Kier alpha value is -1.10. The molecule has 0 saturated carbocycles. The highest BCUT2D eigenvalue weighted by atomic mass is 16.3. The molecule has 1 fully saturated rings. The van der Waals surface area contributed by atoms with Crippen LogP contribution in [0.4, 0.5) is 0 Å². The van der Waals surface area contributed by atoms with Gasteiger partial charge in [-0.3, -0.25) is 9.59 Å². The van der Waals surface area contributed by atoms with Crippen molar-refractivity contribution < 1.29 is 14.7 Å². The van der Waals surface area contributed by atoms with Crippen LogP contribution in [0.2, 0.25) is 0 Å². The minimum Gasteiger partial charge on any atom is -0.396 e. The minimum absolute atomic E-state index is 0.0463. The second kappa shape index (κ2) is 7.36. The topological polar surface area (TPSA) is 69.6 Å². The molecule has 0 aromatic rings. The zero-order valence-electron chi connectivity index (χ0n) is 11.3. The number of hydrogen-bond donors (Lipinski definition) is 2. The van der Waals surface area contributed by atoms with Gasteiger partial charge in [-0.05, 0) is 25.2 Å². The van der Waals surface area contributed by atoms with E-state index in [2.05, 4.69) is 5.32 Å². The van der Waals surface area contributed by atoms with Crippen molar-refractivity contribution in [1.82, 2.24) is 10.2 Å². The summed E-state index contributed by atoms with van der Waals surface area (Å²) in [5.74, 6) is 0.00900. The van der Waals surface area contributed by atoms with Crippen LogP contribution in [0.25, 0.3) is 0 Å². The summed E-state index contributed by atoms with van der Waals surface area (Å²) in [4.78, 5) is 25.5. The summed E-state index contributed by atoms with van der Waals surface area (Å²) in [7, 11) is 0. The van der Waals surface area contributed by atoms with E-state index < -0.39 is 0 Å². The van der Waals surface area contributed by atoms with E-state index >= 15 is 0 Å². The van der Waals surface area contributed by atoms with Crippen molar-refractivity contribution in [3.63, 3.8) is 0 Å². The molecule has 1 saturated heterocycles. The molecule has 0 radical (unpaired) electrons. The predicted octanol–water partition coefficient (Wildman–Crippen LogP) is 0.522. The Morgan fingerprint density at radius 3 is 2.78 bits per heavy atom. The van der Waals surface area contributed by atoms with Gasteiger partial charge in [0.15, 0.2) is 0 Å². The highest BCUT2D eigenvalue weighted by molar-refractivity contribution is 5.87. The molecule has 2 unspecified atom stereocenters. The van der Waals surface area contributed by atoms with Crippen LogP contribution in [0.1, 0.15) is 39.5 Å². The number of nitrogens with zero attached hydrogens (tertiary/aromatic N) is 1. The number of nitrogens with one attached hydrogen (secondary N) is 1. The number of carbonyl (C=O) groups excluding carboxylic acids is 2. The van der Waals surface area contributed by atoms with Crippen molar-refractivity contribution in [2.45, 2.75) is 45.6 Å². The predicted molar refractivity (Wildman–Crippen MR) is 68.9 cm³/mol. The first-order valence-corrected chi connectivity index (χ1v) is 6.78. The monoisotopic (exact) mass is 256 g/mol. The SMILES string of the molecule is CCC(=O)N1CCCCC1C(=O)NCC(C)CO. The van der Waals surface area contributed by atoms with Crippen LogP contribution in [0.3, 0.4) is 0 Å². The van der Waals surface area contributed by atoms with Crippen LogP contribution in [0.15, 0.2) is 0 Å².